The number of rotatable bonds is 5. The molecule has 3 heterocycles. The average molecular weight is 395 g/mol. The Morgan fingerprint density at radius 3 is 2.66 bits per heavy atom. The van der Waals surface area contributed by atoms with E-state index in [-0.39, 0.29) is 30.6 Å². The lowest BCUT2D eigenvalue weighted by Crippen LogP contribution is -2.54. The highest BCUT2D eigenvalue weighted by Gasteiger charge is 2.44. The van der Waals surface area contributed by atoms with Crippen molar-refractivity contribution in [3.05, 3.63) is 53.2 Å². The van der Waals surface area contributed by atoms with Crippen molar-refractivity contribution >= 4 is 23.6 Å². The first-order valence-electron chi connectivity index (χ1n) is 8.95. The summed E-state index contributed by atoms with van der Waals surface area (Å²) >= 11 is 0. The van der Waals surface area contributed by atoms with E-state index in [0.29, 0.717) is 11.6 Å². The SMILES string of the molecule is COc1cc(COc2ccc3c(c2)C(=O)N(C2CCC(=O)NC2=O)C3=O)ccn1. The third-order valence-corrected chi connectivity index (χ3v) is 4.83. The molecule has 4 amide bonds. The van der Waals surface area contributed by atoms with Crippen LogP contribution in [0.2, 0.25) is 0 Å². The molecule has 9 nitrogen and oxygen atoms in total. The van der Waals surface area contributed by atoms with Crippen molar-refractivity contribution in [2.24, 2.45) is 0 Å². The predicted octanol–water partition coefficient (Wildman–Crippen LogP) is 1.07. The molecule has 0 aliphatic carbocycles. The molecule has 1 aromatic heterocycles. The van der Waals surface area contributed by atoms with Gasteiger partial charge in [0.05, 0.1) is 18.2 Å². The van der Waals surface area contributed by atoms with E-state index in [1.807, 2.05) is 0 Å². The molecule has 1 N–H and O–H groups in total. The molecule has 9 heteroatoms. The van der Waals surface area contributed by atoms with Crippen LogP contribution in [-0.2, 0) is 16.2 Å². The topological polar surface area (TPSA) is 115 Å². The fraction of sp³-hybridized carbons (Fsp3) is 0.250. The highest BCUT2D eigenvalue weighted by atomic mass is 16.5. The number of hydrogen-bond donors (Lipinski definition) is 1. The van der Waals surface area contributed by atoms with E-state index in [1.54, 1.807) is 24.4 Å². The number of benzene rings is 1. The van der Waals surface area contributed by atoms with Crippen molar-refractivity contribution in [3.8, 4) is 11.6 Å². The summed E-state index contributed by atoms with van der Waals surface area (Å²) < 4.78 is 10.8. The first kappa shape index (κ1) is 18.6. The minimum absolute atomic E-state index is 0.0770. The van der Waals surface area contributed by atoms with E-state index in [4.69, 9.17) is 9.47 Å². The van der Waals surface area contributed by atoms with Crippen molar-refractivity contribution in [2.45, 2.75) is 25.5 Å². The molecule has 0 radical (unpaired) electrons. The predicted molar refractivity (Wildman–Crippen MR) is 98.2 cm³/mol. The van der Waals surface area contributed by atoms with Gasteiger partial charge in [0.25, 0.3) is 11.8 Å². The Hall–Kier alpha value is -3.75. The Kier molecular flexibility index (Phi) is 4.71. The van der Waals surface area contributed by atoms with Gasteiger partial charge in [-0.3, -0.25) is 29.4 Å². The van der Waals surface area contributed by atoms with E-state index in [2.05, 4.69) is 10.3 Å². The van der Waals surface area contributed by atoms with Gasteiger partial charge < -0.3 is 9.47 Å². The number of methoxy groups -OCH3 is 1. The van der Waals surface area contributed by atoms with Crippen LogP contribution in [0.5, 0.6) is 11.6 Å². The monoisotopic (exact) mass is 395 g/mol. The van der Waals surface area contributed by atoms with Crippen molar-refractivity contribution in [1.82, 2.24) is 15.2 Å². The number of imide groups is 2. The van der Waals surface area contributed by atoms with Crippen LogP contribution >= 0.6 is 0 Å². The second kappa shape index (κ2) is 7.34. The van der Waals surface area contributed by atoms with Crippen LogP contribution in [0, 0.1) is 0 Å². The maximum atomic E-state index is 12.8. The van der Waals surface area contributed by atoms with Crippen LogP contribution in [0.15, 0.2) is 36.5 Å². The first-order chi connectivity index (χ1) is 14.0. The summed E-state index contributed by atoms with van der Waals surface area (Å²) in [6, 6.07) is 7.09. The molecule has 0 bridgehead atoms. The molecule has 1 unspecified atom stereocenters. The fourth-order valence-electron chi connectivity index (χ4n) is 3.36. The average Bonchev–Trinajstić information content (AvgIpc) is 2.97. The lowest BCUT2D eigenvalue weighted by atomic mass is 10.0. The molecule has 148 valence electrons. The lowest BCUT2D eigenvalue weighted by molar-refractivity contribution is -0.136. The molecule has 1 fully saturated rings. The van der Waals surface area contributed by atoms with Crippen molar-refractivity contribution in [3.63, 3.8) is 0 Å². The third kappa shape index (κ3) is 3.42. The van der Waals surface area contributed by atoms with Gasteiger partial charge in [-0.2, -0.15) is 0 Å². The number of aromatic nitrogens is 1. The minimum Gasteiger partial charge on any atom is -0.489 e. The fourth-order valence-corrected chi connectivity index (χ4v) is 3.36. The van der Waals surface area contributed by atoms with E-state index in [1.165, 1.54) is 19.2 Å². The van der Waals surface area contributed by atoms with E-state index in [9.17, 15) is 19.2 Å². The highest BCUT2D eigenvalue weighted by Crippen LogP contribution is 2.30. The van der Waals surface area contributed by atoms with Gasteiger partial charge in [-0.15, -0.1) is 0 Å². The largest absolute Gasteiger partial charge is 0.489 e. The Bertz CT molecular complexity index is 1030. The van der Waals surface area contributed by atoms with Gasteiger partial charge in [0.2, 0.25) is 17.7 Å². The summed E-state index contributed by atoms with van der Waals surface area (Å²) in [6.07, 6.45) is 1.79. The van der Waals surface area contributed by atoms with Crippen LogP contribution in [0.4, 0.5) is 0 Å². The number of fused-ring (bicyclic) bond motifs is 1. The Balaban J connectivity index is 1.52. The number of carbonyl (C=O) groups is 4. The number of nitrogens with zero attached hydrogens (tertiary/aromatic N) is 2. The molecule has 29 heavy (non-hydrogen) atoms. The zero-order valence-corrected chi connectivity index (χ0v) is 15.5. The number of amides is 4. The number of piperidine rings is 1. The normalized spacial score (nSPS) is 18.5. The molecule has 0 saturated carbocycles. The lowest BCUT2D eigenvalue weighted by Gasteiger charge is -2.27. The van der Waals surface area contributed by atoms with Gasteiger partial charge in [0.15, 0.2) is 0 Å². The molecule has 2 aliphatic rings. The number of hydrogen-bond acceptors (Lipinski definition) is 7. The van der Waals surface area contributed by atoms with Gasteiger partial charge >= 0.3 is 0 Å². The highest BCUT2D eigenvalue weighted by molar-refractivity contribution is 6.23. The summed E-state index contributed by atoms with van der Waals surface area (Å²) in [7, 11) is 1.52. The van der Waals surface area contributed by atoms with Gasteiger partial charge in [0.1, 0.15) is 18.4 Å². The molecule has 1 aromatic carbocycles. The standard InChI is InChI=1S/C20H17N3O6/c1-28-17-8-11(6-7-21-17)10-29-12-2-3-13-14(9-12)20(27)23(19(13)26)15-4-5-16(24)22-18(15)25/h2-3,6-9,15H,4-5,10H2,1H3,(H,22,24,25). The van der Waals surface area contributed by atoms with Gasteiger partial charge in [-0.1, -0.05) is 0 Å². The van der Waals surface area contributed by atoms with Crippen molar-refractivity contribution < 1.29 is 28.7 Å². The number of pyridine rings is 1. The quantitative estimate of drug-likeness (QED) is 0.753. The van der Waals surface area contributed by atoms with Crippen LogP contribution in [-0.4, -0.2) is 46.7 Å². The molecule has 4 rings (SSSR count). The molecule has 1 saturated heterocycles. The zero-order valence-electron chi connectivity index (χ0n) is 15.5. The molecule has 2 aromatic rings. The van der Waals surface area contributed by atoms with Crippen LogP contribution in [0.25, 0.3) is 0 Å². The summed E-state index contributed by atoms with van der Waals surface area (Å²) in [5.41, 5.74) is 1.20. The second-order valence-corrected chi connectivity index (χ2v) is 6.65. The van der Waals surface area contributed by atoms with Crippen molar-refractivity contribution in [1.29, 1.82) is 0 Å². The Labute approximate surface area is 165 Å². The number of nitrogens with one attached hydrogen (secondary N) is 1. The maximum Gasteiger partial charge on any atom is 0.262 e. The summed E-state index contributed by atoms with van der Waals surface area (Å²) in [5.74, 6) is -1.31. The number of ether oxygens (including phenoxy) is 2. The smallest absolute Gasteiger partial charge is 0.262 e. The molecule has 0 spiro atoms. The van der Waals surface area contributed by atoms with Crippen LogP contribution < -0.4 is 14.8 Å². The summed E-state index contributed by atoms with van der Waals surface area (Å²) in [6.45, 7) is 0.219. The zero-order chi connectivity index (χ0) is 20.5. The maximum absolute atomic E-state index is 12.8. The Morgan fingerprint density at radius 2 is 1.90 bits per heavy atom. The van der Waals surface area contributed by atoms with E-state index in [0.717, 1.165) is 10.5 Å². The van der Waals surface area contributed by atoms with Gasteiger partial charge in [-0.25, -0.2) is 4.98 Å². The minimum atomic E-state index is -0.992. The first-order valence-corrected chi connectivity index (χ1v) is 8.95. The molecular weight excluding hydrogens is 378 g/mol. The van der Waals surface area contributed by atoms with Gasteiger partial charge in [-0.05, 0) is 36.2 Å². The molecular formula is C20H17N3O6. The number of carbonyl (C=O) groups excluding carboxylic acids is 4. The van der Waals surface area contributed by atoms with E-state index >= 15 is 0 Å². The van der Waals surface area contributed by atoms with Crippen molar-refractivity contribution in [2.75, 3.05) is 7.11 Å². The third-order valence-electron chi connectivity index (χ3n) is 4.83. The summed E-state index contributed by atoms with van der Waals surface area (Å²) in [5, 5.41) is 2.17. The summed E-state index contributed by atoms with van der Waals surface area (Å²) in [4.78, 5) is 53.9. The molecule has 1 atom stereocenters. The van der Waals surface area contributed by atoms with Crippen LogP contribution in [0.3, 0.4) is 0 Å². The second-order valence-electron chi connectivity index (χ2n) is 6.65. The molecule has 2 aliphatic heterocycles. The van der Waals surface area contributed by atoms with Crippen LogP contribution in [0.1, 0.15) is 39.1 Å². The van der Waals surface area contributed by atoms with Gasteiger partial charge in [0, 0.05) is 18.7 Å². The van der Waals surface area contributed by atoms with E-state index < -0.39 is 29.7 Å². The Morgan fingerprint density at radius 1 is 1.10 bits per heavy atom.